The van der Waals surface area contributed by atoms with Crippen molar-refractivity contribution in [2.24, 2.45) is 0 Å². The first-order chi connectivity index (χ1) is 9.06. The predicted octanol–water partition coefficient (Wildman–Crippen LogP) is 3.20. The number of anilines is 1. The van der Waals surface area contributed by atoms with Crippen LogP contribution in [0.15, 0.2) is 42.5 Å². The summed E-state index contributed by atoms with van der Waals surface area (Å²) >= 11 is 5.78. The Hall–Kier alpha value is -2.20. The first kappa shape index (κ1) is 13.2. The Morgan fingerprint density at radius 1 is 1.21 bits per heavy atom. The summed E-state index contributed by atoms with van der Waals surface area (Å²) in [5.41, 5.74) is 6.85. The van der Waals surface area contributed by atoms with Crippen molar-refractivity contribution in [2.75, 3.05) is 5.73 Å². The van der Waals surface area contributed by atoms with E-state index in [1.807, 2.05) is 12.1 Å². The second-order valence-electron chi connectivity index (χ2n) is 3.97. The number of hydrogen-bond donors (Lipinski definition) is 2. The van der Waals surface area contributed by atoms with Gasteiger partial charge in [-0.1, -0.05) is 23.7 Å². The fourth-order valence-corrected chi connectivity index (χ4v) is 1.70. The zero-order valence-corrected chi connectivity index (χ0v) is 10.7. The lowest BCUT2D eigenvalue weighted by Gasteiger charge is -2.08. The van der Waals surface area contributed by atoms with E-state index < -0.39 is 5.97 Å². The maximum atomic E-state index is 10.8. The van der Waals surface area contributed by atoms with Crippen LogP contribution in [0, 0.1) is 0 Å². The molecule has 2 aromatic rings. The van der Waals surface area contributed by atoms with E-state index in [0.29, 0.717) is 17.4 Å². The van der Waals surface area contributed by atoms with Gasteiger partial charge < -0.3 is 15.6 Å². The van der Waals surface area contributed by atoms with Gasteiger partial charge in [-0.3, -0.25) is 0 Å². The maximum absolute atomic E-state index is 10.8. The third kappa shape index (κ3) is 3.39. The summed E-state index contributed by atoms with van der Waals surface area (Å²) in [6, 6.07) is 11.8. The van der Waals surface area contributed by atoms with E-state index in [9.17, 15) is 4.79 Å². The molecule has 3 N–H and O–H groups in total. The minimum absolute atomic E-state index is 0.0684. The number of benzene rings is 2. The quantitative estimate of drug-likeness (QED) is 0.842. The summed E-state index contributed by atoms with van der Waals surface area (Å²) < 4.78 is 5.53. The zero-order chi connectivity index (χ0) is 13.8. The molecule has 19 heavy (non-hydrogen) atoms. The highest BCUT2D eigenvalue weighted by Gasteiger charge is 2.08. The normalized spacial score (nSPS) is 10.2. The highest BCUT2D eigenvalue weighted by atomic mass is 35.5. The number of carboxylic acids is 1. The van der Waals surface area contributed by atoms with Gasteiger partial charge in [0.1, 0.15) is 12.4 Å². The average Bonchev–Trinajstić information content (AvgIpc) is 2.37. The van der Waals surface area contributed by atoms with Crippen molar-refractivity contribution in [2.45, 2.75) is 6.61 Å². The fourth-order valence-electron chi connectivity index (χ4n) is 1.57. The molecule has 0 aliphatic heterocycles. The molecule has 0 atom stereocenters. The fraction of sp³-hybridized carbons (Fsp3) is 0.0714. The maximum Gasteiger partial charge on any atom is 0.337 e. The Kier molecular flexibility index (Phi) is 3.92. The van der Waals surface area contributed by atoms with Gasteiger partial charge in [0.15, 0.2) is 0 Å². The van der Waals surface area contributed by atoms with Gasteiger partial charge in [0.05, 0.1) is 5.56 Å². The van der Waals surface area contributed by atoms with E-state index in [1.54, 1.807) is 18.2 Å². The van der Waals surface area contributed by atoms with Crippen LogP contribution in [-0.4, -0.2) is 11.1 Å². The van der Waals surface area contributed by atoms with Crippen LogP contribution in [-0.2, 0) is 6.61 Å². The number of nitrogen functional groups attached to an aromatic ring is 1. The second-order valence-corrected chi connectivity index (χ2v) is 4.41. The molecule has 0 radical (unpaired) electrons. The largest absolute Gasteiger partial charge is 0.489 e. The zero-order valence-electron chi connectivity index (χ0n) is 9.97. The molecule has 5 heteroatoms. The van der Waals surface area contributed by atoms with Gasteiger partial charge in [-0.2, -0.15) is 0 Å². The standard InChI is InChI=1S/C14H12ClNO3/c15-10-3-1-9(2-4-10)8-19-11-5-6-12(14(17)18)13(16)7-11/h1-7H,8,16H2,(H,17,18). The van der Waals surface area contributed by atoms with Crippen molar-refractivity contribution in [3.8, 4) is 5.75 Å². The monoisotopic (exact) mass is 277 g/mol. The van der Waals surface area contributed by atoms with Gasteiger partial charge in [0, 0.05) is 16.8 Å². The summed E-state index contributed by atoms with van der Waals surface area (Å²) in [5.74, 6) is -0.529. The van der Waals surface area contributed by atoms with Crippen LogP contribution < -0.4 is 10.5 Å². The third-order valence-corrected chi connectivity index (χ3v) is 2.82. The van der Waals surface area contributed by atoms with Gasteiger partial charge in [-0.05, 0) is 29.8 Å². The van der Waals surface area contributed by atoms with Gasteiger partial charge in [-0.25, -0.2) is 4.79 Å². The third-order valence-electron chi connectivity index (χ3n) is 2.57. The number of aromatic carboxylic acids is 1. The molecule has 4 nitrogen and oxygen atoms in total. The van der Waals surface area contributed by atoms with E-state index in [4.69, 9.17) is 27.2 Å². The molecule has 0 amide bonds. The Bertz CT molecular complexity index is 596. The number of rotatable bonds is 4. The molecule has 0 aromatic heterocycles. The van der Waals surface area contributed by atoms with Crippen molar-refractivity contribution in [1.29, 1.82) is 0 Å². The molecule has 0 aliphatic carbocycles. The van der Waals surface area contributed by atoms with Crippen molar-refractivity contribution >= 4 is 23.3 Å². The van der Waals surface area contributed by atoms with Crippen LogP contribution in [0.25, 0.3) is 0 Å². The van der Waals surface area contributed by atoms with Crippen LogP contribution in [0.2, 0.25) is 5.02 Å². The minimum Gasteiger partial charge on any atom is -0.489 e. The lowest BCUT2D eigenvalue weighted by molar-refractivity contribution is 0.0698. The highest BCUT2D eigenvalue weighted by Crippen LogP contribution is 2.21. The molecular weight excluding hydrogens is 266 g/mol. The summed E-state index contributed by atoms with van der Waals surface area (Å²) in [4.78, 5) is 10.8. The summed E-state index contributed by atoms with van der Waals surface area (Å²) in [5, 5.41) is 9.52. The molecule has 98 valence electrons. The summed E-state index contributed by atoms with van der Waals surface area (Å²) in [7, 11) is 0. The molecule has 0 saturated carbocycles. The molecule has 0 spiro atoms. The molecule has 2 aromatic carbocycles. The Morgan fingerprint density at radius 3 is 2.47 bits per heavy atom. The van der Waals surface area contributed by atoms with Crippen LogP contribution in [0.5, 0.6) is 5.75 Å². The van der Waals surface area contributed by atoms with Crippen molar-refractivity contribution in [3.05, 3.63) is 58.6 Å². The smallest absolute Gasteiger partial charge is 0.337 e. The van der Waals surface area contributed by atoms with Crippen molar-refractivity contribution < 1.29 is 14.6 Å². The first-order valence-corrected chi connectivity index (χ1v) is 5.94. The number of carboxylic acid groups (broad SMARTS) is 1. The molecule has 0 bridgehead atoms. The van der Waals surface area contributed by atoms with Crippen LogP contribution in [0.4, 0.5) is 5.69 Å². The number of nitrogens with two attached hydrogens (primary N) is 1. The first-order valence-electron chi connectivity index (χ1n) is 5.56. The van der Waals surface area contributed by atoms with Crippen molar-refractivity contribution in [3.63, 3.8) is 0 Å². The molecule has 0 saturated heterocycles. The SMILES string of the molecule is Nc1cc(OCc2ccc(Cl)cc2)ccc1C(=O)O. The highest BCUT2D eigenvalue weighted by molar-refractivity contribution is 6.30. The van der Waals surface area contributed by atoms with E-state index in [0.717, 1.165) is 5.56 Å². The molecule has 0 heterocycles. The Balaban J connectivity index is 2.06. The predicted molar refractivity (Wildman–Crippen MR) is 73.6 cm³/mol. The Labute approximate surface area is 115 Å². The second kappa shape index (κ2) is 5.63. The van der Waals surface area contributed by atoms with Gasteiger partial charge >= 0.3 is 5.97 Å². The molecular formula is C14H12ClNO3. The average molecular weight is 278 g/mol. The number of ether oxygens (including phenoxy) is 1. The van der Waals surface area contributed by atoms with Crippen LogP contribution in [0.3, 0.4) is 0 Å². The number of carbonyl (C=O) groups is 1. The Morgan fingerprint density at radius 2 is 1.89 bits per heavy atom. The van der Waals surface area contributed by atoms with E-state index in [1.165, 1.54) is 12.1 Å². The van der Waals surface area contributed by atoms with Gasteiger partial charge in [-0.15, -0.1) is 0 Å². The van der Waals surface area contributed by atoms with E-state index in [-0.39, 0.29) is 11.3 Å². The van der Waals surface area contributed by atoms with E-state index >= 15 is 0 Å². The molecule has 2 rings (SSSR count). The van der Waals surface area contributed by atoms with Crippen molar-refractivity contribution in [1.82, 2.24) is 0 Å². The van der Waals surface area contributed by atoms with Crippen LogP contribution in [0.1, 0.15) is 15.9 Å². The minimum atomic E-state index is -1.05. The lowest BCUT2D eigenvalue weighted by Crippen LogP contribution is -2.03. The van der Waals surface area contributed by atoms with Gasteiger partial charge in [0.25, 0.3) is 0 Å². The molecule has 0 fully saturated rings. The topological polar surface area (TPSA) is 72.5 Å². The summed E-state index contributed by atoms with van der Waals surface area (Å²) in [6.07, 6.45) is 0. The lowest BCUT2D eigenvalue weighted by atomic mass is 10.2. The molecule has 0 unspecified atom stereocenters. The van der Waals surface area contributed by atoms with Crippen LogP contribution >= 0.6 is 11.6 Å². The van der Waals surface area contributed by atoms with E-state index in [2.05, 4.69) is 0 Å². The number of halogens is 1. The number of hydrogen-bond acceptors (Lipinski definition) is 3. The summed E-state index contributed by atoms with van der Waals surface area (Å²) in [6.45, 7) is 0.364. The molecule has 0 aliphatic rings. The van der Waals surface area contributed by atoms with Gasteiger partial charge in [0.2, 0.25) is 0 Å².